The van der Waals surface area contributed by atoms with Crippen LogP contribution in [0.4, 0.5) is 5.82 Å². The van der Waals surface area contributed by atoms with Gasteiger partial charge in [-0.05, 0) is 24.6 Å². The molecular formula is C16H14N2. The maximum atomic E-state index is 5.78. The molecule has 0 unspecified atom stereocenters. The van der Waals surface area contributed by atoms with Gasteiger partial charge in [-0.25, -0.2) is 4.98 Å². The Morgan fingerprint density at radius 1 is 0.889 bits per heavy atom. The van der Waals surface area contributed by atoms with Gasteiger partial charge >= 0.3 is 0 Å². The number of rotatable bonds is 1. The van der Waals surface area contributed by atoms with Gasteiger partial charge in [-0.2, -0.15) is 0 Å². The number of anilines is 1. The van der Waals surface area contributed by atoms with Crippen molar-refractivity contribution in [2.45, 2.75) is 6.92 Å². The first-order valence-electron chi connectivity index (χ1n) is 5.96. The van der Waals surface area contributed by atoms with Crippen molar-refractivity contribution in [1.82, 2.24) is 4.98 Å². The molecule has 1 heterocycles. The second-order valence-electron chi connectivity index (χ2n) is 4.48. The fourth-order valence-electron chi connectivity index (χ4n) is 2.13. The Morgan fingerprint density at radius 3 is 2.44 bits per heavy atom. The fourth-order valence-corrected chi connectivity index (χ4v) is 2.13. The summed E-state index contributed by atoms with van der Waals surface area (Å²) in [5, 5.41) is 1.11. The second kappa shape index (κ2) is 4.15. The summed E-state index contributed by atoms with van der Waals surface area (Å²) in [7, 11) is 0. The van der Waals surface area contributed by atoms with Crippen molar-refractivity contribution in [3.63, 3.8) is 0 Å². The number of nitrogens with two attached hydrogens (primary N) is 1. The van der Waals surface area contributed by atoms with Crippen LogP contribution in [0.15, 0.2) is 54.6 Å². The van der Waals surface area contributed by atoms with Crippen molar-refractivity contribution in [2.75, 3.05) is 5.73 Å². The molecule has 0 aliphatic heterocycles. The lowest BCUT2D eigenvalue weighted by atomic mass is 10.0. The predicted octanol–water partition coefficient (Wildman–Crippen LogP) is 3.79. The average molecular weight is 234 g/mol. The molecule has 0 bridgehead atoms. The predicted molar refractivity (Wildman–Crippen MR) is 76.3 cm³/mol. The monoisotopic (exact) mass is 234 g/mol. The molecule has 0 atom stereocenters. The fraction of sp³-hybridized carbons (Fsp3) is 0.0625. The third-order valence-corrected chi connectivity index (χ3v) is 3.10. The van der Waals surface area contributed by atoms with Crippen LogP contribution in [0.1, 0.15) is 5.56 Å². The standard InChI is InChI=1S/C16H14N2/c1-11-5-7-12(8-6-11)14-4-2-3-13-9-10-15(17)18-16(13)14/h2-10H,1H3,(H2,17,18). The molecule has 3 aromatic rings. The van der Waals surface area contributed by atoms with E-state index in [1.54, 1.807) is 0 Å². The summed E-state index contributed by atoms with van der Waals surface area (Å²) < 4.78 is 0. The highest BCUT2D eigenvalue weighted by Gasteiger charge is 2.05. The number of nitrogens with zero attached hydrogens (tertiary/aromatic N) is 1. The van der Waals surface area contributed by atoms with Crippen molar-refractivity contribution in [3.05, 3.63) is 60.2 Å². The number of benzene rings is 2. The van der Waals surface area contributed by atoms with E-state index in [1.165, 1.54) is 11.1 Å². The number of fused-ring (bicyclic) bond motifs is 1. The first-order chi connectivity index (χ1) is 8.74. The molecule has 2 aromatic carbocycles. The van der Waals surface area contributed by atoms with Crippen molar-refractivity contribution < 1.29 is 0 Å². The summed E-state index contributed by atoms with van der Waals surface area (Å²) >= 11 is 0. The van der Waals surface area contributed by atoms with Gasteiger partial charge in [-0.3, -0.25) is 0 Å². The van der Waals surface area contributed by atoms with Gasteiger partial charge in [0.05, 0.1) is 5.52 Å². The van der Waals surface area contributed by atoms with Crippen LogP contribution in [0.2, 0.25) is 0 Å². The first kappa shape index (κ1) is 10.8. The summed E-state index contributed by atoms with van der Waals surface area (Å²) in [6.45, 7) is 2.09. The minimum Gasteiger partial charge on any atom is -0.384 e. The van der Waals surface area contributed by atoms with Crippen LogP contribution in [0.5, 0.6) is 0 Å². The van der Waals surface area contributed by atoms with E-state index in [9.17, 15) is 0 Å². The van der Waals surface area contributed by atoms with Crippen molar-refractivity contribution >= 4 is 16.7 Å². The minimum absolute atomic E-state index is 0.557. The number of hydrogen-bond donors (Lipinski definition) is 1. The van der Waals surface area contributed by atoms with E-state index in [0.717, 1.165) is 16.5 Å². The van der Waals surface area contributed by atoms with Gasteiger partial charge in [-0.1, -0.05) is 48.0 Å². The Morgan fingerprint density at radius 2 is 1.67 bits per heavy atom. The van der Waals surface area contributed by atoms with Crippen LogP contribution in [0.3, 0.4) is 0 Å². The molecule has 0 aliphatic carbocycles. The number of aromatic nitrogens is 1. The quantitative estimate of drug-likeness (QED) is 0.695. The topological polar surface area (TPSA) is 38.9 Å². The number of para-hydroxylation sites is 1. The Bertz CT molecular complexity index is 700. The van der Waals surface area contributed by atoms with Gasteiger partial charge in [0.2, 0.25) is 0 Å². The minimum atomic E-state index is 0.557. The number of aryl methyl sites for hydroxylation is 1. The Balaban J connectivity index is 2.28. The molecule has 1 aromatic heterocycles. The van der Waals surface area contributed by atoms with E-state index in [1.807, 2.05) is 12.1 Å². The Kier molecular flexibility index (Phi) is 2.49. The molecule has 3 rings (SSSR count). The van der Waals surface area contributed by atoms with E-state index < -0.39 is 0 Å². The third-order valence-electron chi connectivity index (χ3n) is 3.10. The van der Waals surface area contributed by atoms with Gasteiger partial charge in [0.25, 0.3) is 0 Å². The van der Waals surface area contributed by atoms with E-state index in [-0.39, 0.29) is 0 Å². The summed E-state index contributed by atoms with van der Waals surface area (Å²) in [5.41, 5.74) is 10.3. The van der Waals surface area contributed by atoms with E-state index in [0.29, 0.717) is 5.82 Å². The van der Waals surface area contributed by atoms with Crippen molar-refractivity contribution in [3.8, 4) is 11.1 Å². The second-order valence-corrected chi connectivity index (χ2v) is 4.48. The lowest BCUT2D eigenvalue weighted by molar-refractivity contribution is 1.41. The lowest BCUT2D eigenvalue weighted by Crippen LogP contribution is -1.91. The normalized spacial score (nSPS) is 10.7. The summed E-state index contributed by atoms with van der Waals surface area (Å²) in [5.74, 6) is 0.557. The highest BCUT2D eigenvalue weighted by molar-refractivity contribution is 5.94. The lowest BCUT2D eigenvalue weighted by Gasteiger charge is -2.07. The zero-order chi connectivity index (χ0) is 12.5. The highest BCUT2D eigenvalue weighted by Crippen LogP contribution is 2.27. The molecule has 88 valence electrons. The zero-order valence-corrected chi connectivity index (χ0v) is 10.2. The van der Waals surface area contributed by atoms with Gasteiger partial charge < -0.3 is 5.73 Å². The molecule has 2 N–H and O–H groups in total. The number of hydrogen-bond acceptors (Lipinski definition) is 2. The number of nitrogen functional groups attached to an aromatic ring is 1. The first-order valence-corrected chi connectivity index (χ1v) is 5.96. The molecule has 0 saturated carbocycles. The van der Waals surface area contributed by atoms with Crippen LogP contribution in [0, 0.1) is 6.92 Å². The molecule has 2 nitrogen and oxygen atoms in total. The summed E-state index contributed by atoms with van der Waals surface area (Å²) in [6.07, 6.45) is 0. The van der Waals surface area contributed by atoms with Crippen LogP contribution in [-0.2, 0) is 0 Å². The highest BCUT2D eigenvalue weighted by atomic mass is 14.8. The number of pyridine rings is 1. The summed E-state index contributed by atoms with van der Waals surface area (Å²) in [4.78, 5) is 4.45. The molecule has 0 saturated heterocycles. The SMILES string of the molecule is Cc1ccc(-c2cccc3ccc(N)nc23)cc1. The van der Waals surface area contributed by atoms with Gasteiger partial charge in [0.1, 0.15) is 5.82 Å². The van der Waals surface area contributed by atoms with E-state index >= 15 is 0 Å². The molecule has 0 radical (unpaired) electrons. The van der Waals surface area contributed by atoms with Gasteiger partial charge in [0.15, 0.2) is 0 Å². The molecule has 0 amide bonds. The molecule has 0 aliphatic rings. The maximum Gasteiger partial charge on any atom is 0.124 e. The van der Waals surface area contributed by atoms with Crippen molar-refractivity contribution in [2.24, 2.45) is 0 Å². The van der Waals surface area contributed by atoms with Crippen molar-refractivity contribution in [1.29, 1.82) is 0 Å². The molecule has 18 heavy (non-hydrogen) atoms. The van der Waals surface area contributed by atoms with E-state index in [4.69, 9.17) is 5.73 Å². The largest absolute Gasteiger partial charge is 0.384 e. The summed E-state index contributed by atoms with van der Waals surface area (Å²) in [6, 6.07) is 18.5. The Labute approximate surface area is 106 Å². The Hall–Kier alpha value is -2.35. The average Bonchev–Trinajstić information content (AvgIpc) is 2.39. The van der Waals surface area contributed by atoms with Crippen LogP contribution in [0.25, 0.3) is 22.0 Å². The van der Waals surface area contributed by atoms with Crippen LogP contribution < -0.4 is 5.73 Å². The smallest absolute Gasteiger partial charge is 0.124 e. The van der Waals surface area contributed by atoms with Crippen LogP contribution >= 0.6 is 0 Å². The zero-order valence-electron chi connectivity index (χ0n) is 10.2. The van der Waals surface area contributed by atoms with Crippen LogP contribution in [-0.4, -0.2) is 4.98 Å². The maximum absolute atomic E-state index is 5.78. The van der Waals surface area contributed by atoms with Gasteiger partial charge in [0, 0.05) is 10.9 Å². The molecular weight excluding hydrogens is 220 g/mol. The molecule has 0 spiro atoms. The van der Waals surface area contributed by atoms with E-state index in [2.05, 4.69) is 54.4 Å². The molecule has 2 heteroatoms. The van der Waals surface area contributed by atoms with Gasteiger partial charge in [-0.15, -0.1) is 0 Å². The molecule has 0 fully saturated rings. The third kappa shape index (κ3) is 1.82.